The van der Waals surface area contributed by atoms with Crippen molar-refractivity contribution in [2.24, 2.45) is 0 Å². The number of hydrogen-bond acceptors (Lipinski definition) is 4. The van der Waals surface area contributed by atoms with Gasteiger partial charge in [0.2, 0.25) is 39.8 Å². The molecule has 0 bridgehead atoms. The highest BCUT2D eigenvalue weighted by atomic mass is 16.2. The van der Waals surface area contributed by atoms with E-state index >= 15 is 0 Å². The first-order chi connectivity index (χ1) is 20.0. The molecule has 1 aromatic heterocycles. The lowest BCUT2D eigenvalue weighted by Crippen LogP contribution is -2.68. The summed E-state index contributed by atoms with van der Waals surface area (Å²) in [5, 5.41) is 7.00. The van der Waals surface area contributed by atoms with Crippen LogP contribution in [0.15, 0.2) is 83.2 Å². The molecule has 9 nitrogen and oxygen atoms in total. The summed E-state index contributed by atoms with van der Waals surface area (Å²) in [5.74, 6) is 2.02. The molecule has 1 aromatic rings. The first-order valence-electron chi connectivity index (χ1n) is 14.4. The average molecular weight is 547 g/mol. The topological polar surface area (TPSA) is 46.9 Å². The molecule has 0 radical (unpaired) electrons. The third-order valence-corrected chi connectivity index (χ3v) is 9.90. The Morgan fingerprint density at radius 3 is 2.10 bits per heavy atom. The van der Waals surface area contributed by atoms with Gasteiger partial charge in [0.05, 0.1) is 31.6 Å². The standard InChI is InChI=1S/C31H30N8.CH4O/c1-32-13-14-33(2)29(32)27-23-9-5-19-17-21-7-11-25-28(30-34(3)15-16-35(30)4)26-12-8-22-18-20-6-10-24(27)37(20)31(36(19)23,38(21)25)39(22)26;1-2/h5-12,17-18H,13-16H2,1-4H3;2H,1H3/q+4;/t31-;/m1./s1. The highest BCUT2D eigenvalue weighted by Crippen LogP contribution is 2.52. The molecule has 41 heavy (non-hydrogen) atoms. The summed E-state index contributed by atoms with van der Waals surface area (Å²) in [5.41, 5.74) is 12.7. The van der Waals surface area contributed by atoms with E-state index < -0.39 is 5.91 Å². The lowest BCUT2D eigenvalue weighted by Gasteiger charge is -2.35. The maximum absolute atomic E-state index is 7.00. The van der Waals surface area contributed by atoms with Gasteiger partial charge in [0.1, 0.15) is 24.5 Å². The number of aromatic nitrogens is 1. The van der Waals surface area contributed by atoms with E-state index in [2.05, 4.69) is 127 Å². The SMILES string of the molecule is CN1CCN(C)C1=C1C2=[N+]3C(=CC4=[N+]5C(=C(C6=[N+](C)CCN6C)C6=[N+]7C(=Cc8ccc1n8[C@]573)C=C6)C=C4)C=C2.CO. The van der Waals surface area contributed by atoms with Crippen LogP contribution in [0.3, 0.4) is 0 Å². The van der Waals surface area contributed by atoms with Crippen LogP contribution in [0.4, 0.5) is 0 Å². The first kappa shape index (κ1) is 23.2. The monoisotopic (exact) mass is 546 g/mol. The Morgan fingerprint density at radius 1 is 0.732 bits per heavy atom. The molecule has 10 rings (SSSR count). The number of rotatable bonds is 1. The maximum Gasteiger partial charge on any atom is 0.667 e. The second-order valence-corrected chi connectivity index (χ2v) is 11.9. The lowest BCUT2D eigenvalue weighted by molar-refractivity contribution is -1.00. The van der Waals surface area contributed by atoms with E-state index in [1.165, 1.54) is 68.4 Å². The van der Waals surface area contributed by atoms with Crippen LogP contribution in [0.1, 0.15) is 11.4 Å². The van der Waals surface area contributed by atoms with E-state index in [9.17, 15) is 0 Å². The van der Waals surface area contributed by atoms with Gasteiger partial charge in [-0.3, -0.25) is 9.48 Å². The summed E-state index contributed by atoms with van der Waals surface area (Å²) in [6.45, 7) is 4.15. The zero-order valence-corrected chi connectivity index (χ0v) is 24.1. The predicted molar refractivity (Wildman–Crippen MR) is 158 cm³/mol. The van der Waals surface area contributed by atoms with Crippen LogP contribution in [-0.2, 0) is 5.91 Å². The van der Waals surface area contributed by atoms with Gasteiger partial charge in [0.25, 0.3) is 5.84 Å². The third-order valence-electron chi connectivity index (χ3n) is 9.90. The Morgan fingerprint density at radius 2 is 1.41 bits per heavy atom. The number of amidine groups is 1. The van der Waals surface area contributed by atoms with Gasteiger partial charge >= 0.3 is 5.91 Å². The zero-order valence-electron chi connectivity index (χ0n) is 24.1. The Kier molecular flexibility index (Phi) is 4.20. The van der Waals surface area contributed by atoms with Gasteiger partial charge in [0.15, 0.2) is 0 Å². The van der Waals surface area contributed by atoms with E-state index in [4.69, 9.17) is 5.11 Å². The number of aliphatic hydroxyl groups excluding tert-OH is 1. The number of allylic oxidation sites excluding steroid dienone is 8. The molecule has 0 amide bonds. The van der Waals surface area contributed by atoms with Crippen molar-refractivity contribution in [3.63, 3.8) is 0 Å². The fraction of sp³-hybridized carbons (Fsp3) is 0.312. The summed E-state index contributed by atoms with van der Waals surface area (Å²) < 4.78 is 12.8. The van der Waals surface area contributed by atoms with E-state index in [0.717, 1.165) is 33.3 Å². The normalized spacial score (nSPS) is 27.2. The van der Waals surface area contributed by atoms with Crippen LogP contribution in [0.2, 0.25) is 0 Å². The van der Waals surface area contributed by atoms with Gasteiger partial charge in [-0.25, -0.2) is 0 Å². The molecular formula is C32H34N8O+4. The molecule has 1 atom stereocenters. The first-order valence-corrected chi connectivity index (χ1v) is 14.4. The predicted octanol–water partition coefficient (Wildman–Crippen LogP) is 0.800. The minimum absolute atomic E-state index is 0.590. The summed E-state index contributed by atoms with van der Waals surface area (Å²) >= 11 is 0. The van der Waals surface area contributed by atoms with Gasteiger partial charge < -0.3 is 14.9 Å². The van der Waals surface area contributed by atoms with Crippen molar-refractivity contribution in [2.75, 3.05) is 61.5 Å². The Bertz CT molecular complexity index is 1900. The molecule has 1 fully saturated rings. The Labute approximate surface area is 239 Å². The molecule has 0 saturated carbocycles. The van der Waals surface area contributed by atoms with Gasteiger partial charge in [-0.2, -0.15) is 4.57 Å². The minimum Gasteiger partial charge on any atom is -0.400 e. The van der Waals surface area contributed by atoms with Crippen LogP contribution in [0.5, 0.6) is 0 Å². The number of nitrogens with zero attached hydrogens (tertiary/aromatic N) is 8. The quantitative estimate of drug-likeness (QED) is 0.530. The Hall–Kier alpha value is -4.50. The minimum atomic E-state index is -0.590. The summed E-state index contributed by atoms with van der Waals surface area (Å²) in [6, 6.07) is 4.66. The molecular weight excluding hydrogens is 512 g/mol. The fourth-order valence-corrected chi connectivity index (χ4v) is 8.37. The Balaban J connectivity index is 0.00000118. The van der Waals surface area contributed by atoms with E-state index in [1.54, 1.807) is 0 Å². The van der Waals surface area contributed by atoms with Crippen LogP contribution in [0.25, 0.3) is 11.6 Å². The van der Waals surface area contributed by atoms with Crippen molar-refractivity contribution in [3.8, 4) is 0 Å². The second kappa shape index (κ2) is 7.41. The maximum atomic E-state index is 7.00. The van der Waals surface area contributed by atoms with Crippen molar-refractivity contribution >= 4 is 34.6 Å². The van der Waals surface area contributed by atoms with Crippen molar-refractivity contribution in [1.82, 2.24) is 19.3 Å². The molecule has 1 N–H and O–H groups in total. The smallest absolute Gasteiger partial charge is 0.400 e. The van der Waals surface area contributed by atoms with Crippen LogP contribution in [-0.4, -0.2) is 127 Å². The molecule has 204 valence electrons. The summed E-state index contributed by atoms with van der Waals surface area (Å²) in [4.78, 5) is 7.25. The largest absolute Gasteiger partial charge is 0.667 e. The molecule has 0 unspecified atom stereocenters. The molecule has 10 heterocycles. The van der Waals surface area contributed by atoms with Gasteiger partial charge in [-0.15, -0.1) is 0 Å². The van der Waals surface area contributed by atoms with Crippen LogP contribution >= 0.6 is 0 Å². The van der Waals surface area contributed by atoms with E-state index in [0.29, 0.717) is 0 Å². The summed E-state index contributed by atoms with van der Waals surface area (Å²) in [6.07, 6.45) is 18.7. The molecule has 1 spiro atoms. The second-order valence-electron chi connectivity index (χ2n) is 11.9. The van der Waals surface area contributed by atoms with E-state index in [-0.39, 0.29) is 0 Å². The summed E-state index contributed by atoms with van der Waals surface area (Å²) in [7, 11) is 9.91. The van der Waals surface area contributed by atoms with Crippen molar-refractivity contribution < 1.29 is 23.4 Å². The van der Waals surface area contributed by atoms with E-state index in [1.807, 2.05) is 0 Å². The molecule has 0 aliphatic carbocycles. The molecule has 9 aliphatic heterocycles. The number of likely N-dealkylation sites (N-methyl/N-ethyl adjacent to an activating group) is 4. The van der Waals surface area contributed by atoms with Crippen molar-refractivity contribution in [1.29, 1.82) is 0 Å². The molecule has 9 heteroatoms. The van der Waals surface area contributed by atoms with Gasteiger partial charge in [-0.1, -0.05) is 0 Å². The zero-order chi connectivity index (χ0) is 27.9. The number of hydrogen-bond donors (Lipinski definition) is 1. The van der Waals surface area contributed by atoms with Crippen molar-refractivity contribution in [3.05, 3.63) is 94.5 Å². The third kappa shape index (κ3) is 2.38. The van der Waals surface area contributed by atoms with Gasteiger partial charge in [0, 0.05) is 76.8 Å². The molecule has 1 saturated heterocycles. The lowest BCUT2D eigenvalue weighted by atomic mass is 9.98. The molecule has 9 aliphatic rings. The number of aliphatic hydroxyl groups is 1. The fourth-order valence-electron chi connectivity index (χ4n) is 8.37. The average Bonchev–Trinajstić information content (AvgIpc) is 3.82. The van der Waals surface area contributed by atoms with Gasteiger partial charge in [-0.05, 0) is 25.9 Å². The van der Waals surface area contributed by atoms with Crippen molar-refractivity contribution in [2.45, 2.75) is 5.91 Å². The molecule has 0 aromatic carbocycles. The highest BCUT2D eigenvalue weighted by Gasteiger charge is 2.81. The van der Waals surface area contributed by atoms with Crippen LogP contribution in [0, 0.1) is 0 Å². The van der Waals surface area contributed by atoms with Crippen LogP contribution < -0.4 is 0 Å². The highest BCUT2D eigenvalue weighted by molar-refractivity contribution is 6.29.